The van der Waals surface area contributed by atoms with Crippen LogP contribution < -0.4 is 10.6 Å². The Labute approximate surface area is 151 Å². The number of nitrogens with one attached hydrogen (secondary N) is 2. The largest absolute Gasteiger partial charge is 0.368 e. The van der Waals surface area contributed by atoms with E-state index in [1.54, 1.807) is 12.1 Å². The van der Waals surface area contributed by atoms with Gasteiger partial charge in [0.2, 0.25) is 5.91 Å². The molecule has 2 aromatic heterocycles. The predicted molar refractivity (Wildman–Crippen MR) is 97.7 cm³/mol. The average molecular weight is 353 g/mol. The van der Waals surface area contributed by atoms with Gasteiger partial charge in [-0.25, -0.2) is 14.4 Å². The van der Waals surface area contributed by atoms with Crippen LogP contribution in [0.3, 0.4) is 0 Å². The number of benzene rings is 1. The first-order valence-electron chi connectivity index (χ1n) is 8.34. The number of aryl methyl sites for hydroxylation is 1. The molecule has 3 rings (SSSR count). The first-order valence-corrected chi connectivity index (χ1v) is 8.34. The number of carbonyl (C=O) groups excluding carboxylic acids is 1. The maximum absolute atomic E-state index is 12.9. The van der Waals surface area contributed by atoms with Gasteiger partial charge in [-0.2, -0.15) is 0 Å². The van der Waals surface area contributed by atoms with Crippen LogP contribution >= 0.6 is 0 Å². The summed E-state index contributed by atoms with van der Waals surface area (Å²) in [5, 5.41) is 6.01. The SMILES string of the molecule is Cc1nc(NCCNC(=O)Cc2ccc(F)cc2)cc(-n2cccc2)n1. The van der Waals surface area contributed by atoms with Gasteiger partial charge in [-0.15, -0.1) is 0 Å². The number of carbonyl (C=O) groups is 1. The summed E-state index contributed by atoms with van der Waals surface area (Å²) >= 11 is 0. The minimum atomic E-state index is -0.308. The minimum Gasteiger partial charge on any atom is -0.368 e. The third-order valence-corrected chi connectivity index (χ3v) is 3.72. The molecule has 0 bridgehead atoms. The standard InChI is InChI=1S/C19H20FN5O/c1-14-23-17(13-18(24-14)25-10-2-3-11-25)21-8-9-22-19(26)12-15-4-6-16(20)7-5-15/h2-7,10-11,13H,8-9,12H2,1H3,(H,22,26)(H,21,23,24). The van der Waals surface area contributed by atoms with Gasteiger partial charge < -0.3 is 15.2 Å². The lowest BCUT2D eigenvalue weighted by molar-refractivity contribution is -0.120. The smallest absolute Gasteiger partial charge is 0.224 e. The van der Waals surface area contributed by atoms with Crippen molar-refractivity contribution in [1.82, 2.24) is 19.9 Å². The summed E-state index contributed by atoms with van der Waals surface area (Å²) < 4.78 is 14.8. The second kappa shape index (κ2) is 8.24. The molecule has 6 nitrogen and oxygen atoms in total. The van der Waals surface area contributed by atoms with E-state index in [1.165, 1.54) is 12.1 Å². The molecule has 0 saturated carbocycles. The Bertz CT molecular complexity index is 862. The van der Waals surface area contributed by atoms with Crippen LogP contribution in [0.4, 0.5) is 10.2 Å². The minimum absolute atomic E-state index is 0.106. The number of amides is 1. The Morgan fingerprint density at radius 1 is 1.12 bits per heavy atom. The Balaban J connectivity index is 1.47. The van der Waals surface area contributed by atoms with E-state index in [2.05, 4.69) is 20.6 Å². The van der Waals surface area contributed by atoms with Crippen molar-refractivity contribution in [1.29, 1.82) is 0 Å². The summed E-state index contributed by atoms with van der Waals surface area (Å²) in [6, 6.07) is 11.6. The molecule has 2 N–H and O–H groups in total. The summed E-state index contributed by atoms with van der Waals surface area (Å²) in [6.45, 7) is 2.83. The van der Waals surface area contributed by atoms with Crippen molar-refractivity contribution in [2.75, 3.05) is 18.4 Å². The lowest BCUT2D eigenvalue weighted by Gasteiger charge is -2.10. The molecule has 1 amide bonds. The second-order valence-corrected chi connectivity index (χ2v) is 5.83. The second-order valence-electron chi connectivity index (χ2n) is 5.83. The molecule has 0 fully saturated rings. The number of anilines is 1. The zero-order valence-corrected chi connectivity index (χ0v) is 14.4. The molecule has 0 aliphatic carbocycles. The molecule has 7 heteroatoms. The van der Waals surface area contributed by atoms with Crippen molar-refractivity contribution in [3.8, 4) is 5.82 Å². The topological polar surface area (TPSA) is 71.8 Å². The Hall–Kier alpha value is -3.22. The molecule has 0 unspecified atom stereocenters. The first-order chi connectivity index (χ1) is 12.6. The lowest BCUT2D eigenvalue weighted by atomic mass is 10.1. The van der Waals surface area contributed by atoms with Crippen LogP contribution in [0.15, 0.2) is 54.9 Å². The van der Waals surface area contributed by atoms with Gasteiger partial charge in [-0.05, 0) is 36.8 Å². The third kappa shape index (κ3) is 4.89. The predicted octanol–water partition coefficient (Wildman–Crippen LogP) is 2.49. The maximum atomic E-state index is 12.9. The summed E-state index contributed by atoms with van der Waals surface area (Å²) in [4.78, 5) is 20.7. The molecule has 2 heterocycles. The van der Waals surface area contributed by atoms with Gasteiger partial charge in [0.15, 0.2) is 0 Å². The average Bonchev–Trinajstić information content (AvgIpc) is 3.15. The van der Waals surface area contributed by atoms with Crippen LogP contribution in [-0.2, 0) is 11.2 Å². The van der Waals surface area contributed by atoms with E-state index in [-0.39, 0.29) is 18.1 Å². The summed E-state index contributed by atoms with van der Waals surface area (Å²) in [6.07, 6.45) is 4.06. The van der Waals surface area contributed by atoms with E-state index in [0.29, 0.717) is 24.7 Å². The number of nitrogens with zero attached hydrogens (tertiary/aromatic N) is 3. The van der Waals surface area contributed by atoms with E-state index >= 15 is 0 Å². The highest BCUT2D eigenvalue weighted by molar-refractivity contribution is 5.78. The van der Waals surface area contributed by atoms with Gasteiger partial charge >= 0.3 is 0 Å². The molecule has 26 heavy (non-hydrogen) atoms. The van der Waals surface area contributed by atoms with Gasteiger partial charge in [0, 0.05) is 31.5 Å². The fourth-order valence-electron chi connectivity index (χ4n) is 2.50. The van der Waals surface area contributed by atoms with Crippen LogP contribution in [0.2, 0.25) is 0 Å². The zero-order valence-electron chi connectivity index (χ0n) is 14.4. The van der Waals surface area contributed by atoms with E-state index in [9.17, 15) is 9.18 Å². The molecule has 3 aromatic rings. The number of hydrogen-bond donors (Lipinski definition) is 2. The molecule has 1 aromatic carbocycles. The van der Waals surface area contributed by atoms with Crippen LogP contribution in [0.25, 0.3) is 5.82 Å². The first kappa shape index (κ1) is 17.6. The molecule has 0 atom stereocenters. The summed E-state index contributed by atoms with van der Waals surface area (Å²) in [5.74, 6) is 1.74. The molecule has 0 saturated heterocycles. The summed E-state index contributed by atoms with van der Waals surface area (Å²) in [5.41, 5.74) is 0.777. The van der Waals surface area contributed by atoms with Gasteiger partial charge in [0.05, 0.1) is 6.42 Å². The summed E-state index contributed by atoms with van der Waals surface area (Å²) in [7, 11) is 0. The molecule has 134 valence electrons. The Morgan fingerprint density at radius 3 is 2.58 bits per heavy atom. The zero-order chi connectivity index (χ0) is 18.4. The molecular formula is C19H20FN5O. The number of aromatic nitrogens is 3. The van der Waals surface area contributed by atoms with Crippen molar-refractivity contribution in [3.05, 3.63) is 72.1 Å². The number of hydrogen-bond acceptors (Lipinski definition) is 4. The van der Waals surface area contributed by atoms with Gasteiger partial charge in [0.1, 0.15) is 23.3 Å². The fraction of sp³-hybridized carbons (Fsp3) is 0.211. The quantitative estimate of drug-likeness (QED) is 0.640. The highest BCUT2D eigenvalue weighted by Gasteiger charge is 2.05. The number of halogens is 1. The molecule has 0 aliphatic rings. The van der Waals surface area contributed by atoms with Crippen LogP contribution in [0, 0.1) is 12.7 Å². The van der Waals surface area contributed by atoms with Crippen molar-refractivity contribution < 1.29 is 9.18 Å². The normalized spacial score (nSPS) is 10.5. The number of rotatable bonds is 7. The van der Waals surface area contributed by atoms with Crippen LogP contribution in [0.1, 0.15) is 11.4 Å². The van der Waals surface area contributed by atoms with E-state index in [0.717, 1.165) is 11.4 Å². The van der Waals surface area contributed by atoms with E-state index in [1.807, 2.05) is 42.1 Å². The molecular weight excluding hydrogens is 333 g/mol. The Morgan fingerprint density at radius 2 is 1.85 bits per heavy atom. The fourth-order valence-corrected chi connectivity index (χ4v) is 2.50. The van der Waals surface area contributed by atoms with Crippen LogP contribution in [-0.4, -0.2) is 33.5 Å². The molecule has 0 aliphatic heterocycles. The van der Waals surface area contributed by atoms with Gasteiger partial charge in [0.25, 0.3) is 0 Å². The van der Waals surface area contributed by atoms with Gasteiger partial charge in [-0.1, -0.05) is 12.1 Å². The van der Waals surface area contributed by atoms with Crippen molar-refractivity contribution in [2.45, 2.75) is 13.3 Å². The Kier molecular flexibility index (Phi) is 5.58. The van der Waals surface area contributed by atoms with E-state index < -0.39 is 0 Å². The van der Waals surface area contributed by atoms with E-state index in [4.69, 9.17) is 0 Å². The van der Waals surface area contributed by atoms with Crippen molar-refractivity contribution >= 4 is 11.7 Å². The molecule has 0 radical (unpaired) electrons. The van der Waals surface area contributed by atoms with Crippen molar-refractivity contribution in [3.63, 3.8) is 0 Å². The third-order valence-electron chi connectivity index (χ3n) is 3.72. The van der Waals surface area contributed by atoms with Crippen LogP contribution in [0.5, 0.6) is 0 Å². The van der Waals surface area contributed by atoms with Crippen molar-refractivity contribution in [2.24, 2.45) is 0 Å². The highest BCUT2D eigenvalue weighted by atomic mass is 19.1. The highest BCUT2D eigenvalue weighted by Crippen LogP contribution is 2.11. The van der Waals surface area contributed by atoms with Gasteiger partial charge in [-0.3, -0.25) is 4.79 Å². The lowest BCUT2D eigenvalue weighted by Crippen LogP contribution is -2.30. The monoisotopic (exact) mass is 353 g/mol. The molecule has 0 spiro atoms. The maximum Gasteiger partial charge on any atom is 0.224 e.